The van der Waals surface area contributed by atoms with Crippen LogP contribution in [0.1, 0.15) is 43.6 Å². The van der Waals surface area contributed by atoms with E-state index in [1.165, 1.54) is 19.3 Å². The molecule has 2 fully saturated rings. The van der Waals surface area contributed by atoms with Gasteiger partial charge in [0.1, 0.15) is 11.9 Å². The van der Waals surface area contributed by atoms with Gasteiger partial charge in [0.25, 0.3) is 0 Å². The molecule has 0 saturated heterocycles. The predicted molar refractivity (Wildman–Crippen MR) is 82.7 cm³/mol. The van der Waals surface area contributed by atoms with Gasteiger partial charge in [-0.3, -0.25) is 4.79 Å². The summed E-state index contributed by atoms with van der Waals surface area (Å²) >= 11 is 0. The molecule has 4 unspecified atom stereocenters. The minimum atomic E-state index is -0.0932. The highest BCUT2D eigenvalue weighted by atomic mass is 16.5. The molecule has 2 saturated carbocycles. The number of hydrogen-bond acceptors (Lipinski definition) is 3. The van der Waals surface area contributed by atoms with Gasteiger partial charge in [0, 0.05) is 11.5 Å². The first-order valence-electron chi connectivity index (χ1n) is 8.46. The smallest absolute Gasteiger partial charge is 0.227 e. The van der Waals surface area contributed by atoms with Gasteiger partial charge >= 0.3 is 0 Å². The molecule has 1 amide bonds. The summed E-state index contributed by atoms with van der Waals surface area (Å²) in [6.07, 6.45) is 5.93. The summed E-state index contributed by atoms with van der Waals surface area (Å²) in [6.45, 7) is 0.0376. The zero-order valence-electron chi connectivity index (χ0n) is 12.7. The highest BCUT2D eigenvalue weighted by Crippen LogP contribution is 2.58. The summed E-state index contributed by atoms with van der Waals surface area (Å²) in [5.41, 5.74) is 1.16. The highest BCUT2D eigenvalue weighted by molar-refractivity contribution is 5.85. The standard InChI is InChI=1S/C18H23NO3/c20-10-13(11-6-2-1-3-7-11)19-18(21)16-15-12-8-4-5-9-14(12)22-17(15)16/h4-5,8-9,11,13,15-17,20H,1-3,6-7,10H2,(H,19,21). The Hall–Kier alpha value is -1.55. The minimum Gasteiger partial charge on any atom is -0.489 e. The van der Waals surface area contributed by atoms with Crippen molar-refractivity contribution in [2.75, 3.05) is 6.61 Å². The summed E-state index contributed by atoms with van der Waals surface area (Å²) in [6, 6.07) is 7.89. The van der Waals surface area contributed by atoms with E-state index < -0.39 is 0 Å². The van der Waals surface area contributed by atoms with Crippen molar-refractivity contribution in [2.24, 2.45) is 11.8 Å². The van der Waals surface area contributed by atoms with Gasteiger partial charge in [0.15, 0.2) is 0 Å². The second kappa shape index (κ2) is 5.58. The van der Waals surface area contributed by atoms with Crippen LogP contribution >= 0.6 is 0 Å². The lowest BCUT2D eigenvalue weighted by Gasteiger charge is -2.29. The average molecular weight is 301 g/mol. The molecule has 118 valence electrons. The number of ether oxygens (including phenoxy) is 1. The van der Waals surface area contributed by atoms with Crippen LogP contribution < -0.4 is 10.1 Å². The largest absolute Gasteiger partial charge is 0.489 e. The zero-order chi connectivity index (χ0) is 15.1. The van der Waals surface area contributed by atoms with Crippen molar-refractivity contribution < 1.29 is 14.6 Å². The van der Waals surface area contributed by atoms with E-state index in [9.17, 15) is 9.90 Å². The summed E-state index contributed by atoms with van der Waals surface area (Å²) in [7, 11) is 0. The Labute approximate surface area is 130 Å². The molecule has 3 aliphatic rings. The maximum atomic E-state index is 12.5. The normalized spacial score (nSPS) is 30.9. The fourth-order valence-electron chi connectivity index (χ4n) is 4.25. The van der Waals surface area contributed by atoms with Crippen molar-refractivity contribution in [1.29, 1.82) is 0 Å². The Morgan fingerprint density at radius 3 is 2.82 bits per heavy atom. The van der Waals surface area contributed by atoms with E-state index in [1.807, 2.05) is 18.2 Å². The van der Waals surface area contributed by atoms with Crippen molar-refractivity contribution >= 4 is 5.91 Å². The third-order valence-electron chi connectivity index (χ3n) is 5.54. The van der Waals surface area contributed by atoms with E-state index in [0.717, 1.165) is 24.2 Å². The van der Waals surface area contributed by atoms with Crippen LogP contribution in [0.25, 0.3) is 0 Å². The van der Waals surface area contributed by atoms with Gasteiger partial charge in [-0.2, -0.15) is 0 Å². The molecule has 0 bridgehead atoms. The summed E-state index contributed by atoms with van der Waals surface area (Å²) in [5.74, 6) is 1.53. The molecule has 4 nitrogen and oxygen atoms in total. The monoisotopic (exact) mass is 301 g/mol. The summed E-state index contributed by atoms with van der Waals surface area (Å²) < 4.78 is 5.85. The Morgan fingerprint density at radius 2 is 2.05 bits per heavy atom. The fourth-order valence-corrected chi connectivity index (χ4v) is 4.25. The SMILES string of the molecule is O=C(NC(CO)C1CCCCC1)C1C2Oc3ccccc3C21. The van der Waals surface area contributed by atoms with Gasteiger partial charge in [0.2, 0.25) is 5.91 Å². The Bertz CT molecular complexity index is 567. The maximum absolute atomic E-state index is 12.5. The third-order valence-corrected chi connectivity index (χ3v) is 5.54. The Kier molecular flexibility index (Phi) is 3.57. The fraction of sp³-hybridized carbons (Fsp3) is 0.611. The van der Waals surface area contributed by atoms with E-state index in [0.29, 0.717) is 5.92 Å². The van der Waals surface area contributed by atoms with Crippen LogP contribution in [0.4, 0.5) is 0 Å². The number of nitrogens with one attached hydrogen (secondary N) is 1. The van der Waals surface area contributed by atoms with Gasteiger partial charge in [0.05, 0.1) is 18.6 Å². The lowest BCUT2D eigenvalue weighted by atomic mass is 9.84. The van der Waals surface area contributed by atoms with Crippen molar-refractivity contribution in [3.63, 3.8) is 0 Å². The Balaban J connectivity index is 1.40. The van der Waals surface area contributed by atoms with E-state index in [-0.39, 0.29) is 36.5 Å². The number of amides is 1. The molecule has 4 heteroatoms. The van der Waals surface area contributed by atoms with Crippen LogP contribution in [-0.4, -0.2) is 29.8 Å². The number of hydrogen-bond donors (Lipinski definition) is 2. The molecular weight excluding hydrogens is 278 g/mol. The molecule has 0 spiro atoms. The number of benzene rings is 1. The van der Waals surface area contributed by atoms with Crippen molar-refractivity contribution in [3.8, 4) is 5.75 Å². The lowest BCUT2D eigenvalue weighted by molar-refractivity contribution is -0.124. The van der Waals surface area contributed by atoms with Crippen LogP contribution in [0.15, 0.2) is 24.3 Å². The topological polar surface area (TPSA) is 58.6 Å². The minimum absolute atomic E-state index is 0.00287. The van der Waals surface area contributed by atoms with Crippen molar-refractivity contribution in [3.05, 3.63) is 29.8 Å². The molecule has 2 aliphatic carbocycles. The molecule has 0 radical (unpaired) electrons. The van der Waals surface area contributed by atoms with Gasteiger partial charge in [-0.25, -0.2) is 0 Å². The number of para-hydroxylation sites is 1. The number of aliphatic hydroxyl groups excluding tert-OH is 1. The van der Waals surface area contributed by atoms with Crippen LogP contribution in [0.2, 0.25) is 0 Å². The lowest BCUT2D eigenvalue weighted by Crippen LogP contribution is -2.45. The van der Waals surface area contributed by atoms with E-state index >= 15 is 0 Å². The average Bonchev–Trinajstić information content (AvgIpc) is 3.15. The molecule has 22 heavy (non-hydrogen) atoms. The van der Waals surface area contributed by atoms with E-state index in [2.05, 4.69) is 11.4 Å². The van der Waals surface area contributed by atoms with E-state index in [1.54, 1.807) is 0 Å². The van der Waals surface area contributed by atoms with Crippen LogP contribution in [0.3, 0.4) is 0 Å². The van der Waals surface area contributed by atoms with Crippen molar-refractivity contribution in [2.45, 2.75) is 50.2 Å². The van der Waals surface area contributed by atoms with E-state index in [4.69, 9.17) is 4.74 Å². The first-order chi connectivity index (χ1) is 10.8. The second-order valence-corrected chi connectivity index (χ2v) is 6.87. The number of fused-ring (bicyclic) bond motifs is 3. The molecule has 1 aliphatic heterocycles. The van der Waals surface area contributed by atoms with Crippen LogP contribution in [0, 0.1) is 11.8 Å². The summed E-state index contributed by atoms with van der Waals surface area (Å²) in [5, 5.41) is 12.7. The second-order valence-electron chi connectivity index (χ2n) is 6.87. The van der Waals surface area contributed by atoms with Gasteiger partial charge in [-0.15, -0.1) is 0 Å². The van der Waals surface area contributed by atoms with Crippen LogP contribution in [0.5, 0.6) is 5.75 Å². The number of aliphatic hydroxyl groups is 1. The van der Waals surface area contributed by atoms with Gasteiger partial charge in [-0.1, -0.05) is 37.5 Å². The maximum Gasteiger partial charge on any atom is 0.227 e. The van der Waals surface area contributed by atoms with Crippen LogP contribution in [-0.2, 0) is 4.79 Å². The highest BCUT2D eigenvalue weighted by Gasteiger charge is 2.62. The molecule has 2 N–H and O–H groups in total. The molecular formula is C18H23NO3. The molecule has 1 aromatic carbocycles. The molecule has 4 atom stereocenters. The quantitative estimate of drug-likeness (QED) is 0.896. The molecule has 1 aromatic rings. The molecule has 0 aromatic heterocycles. The molecule has 4 rings (SSSR count). The predicted octanol–water partition coefficient (Wildman–Crippen LogP) is 2.22. The third kappa shape index (κ3) is 2.30. The molecule has 1 heterocycles. The van der Waals surface area contributed by atoms with Crippen molar-refractivity contribution in [1.82, 2.24) is 5.32 Å². The first kappa shape index (κ1) is 14.1. The number of carbonyl (C=O) groups excluding carboxylic acids is 1. The number of rotatable bonds is 4. The Morgan fingerprint density at radius 1 is 1.27 bits per heavy atom. The van der Waals surface area contributed by atoms with Gasteiger partial charge < -0.3 is 15.2 Å². The van der Waals surface area contributed by atoms with Gasteiger partial charge in [-0.05, 0) is 24.8 Å². The summed E-state index contributed by atoms with van der Waals surface area (Å²) in [4.78, 5) is 12.5. The first-order valence-corrected chi connectivity index (χ1v) is 8.46. The zero-order valence-corrected chi connectivity index (χ0v) is 12.7. The number of carbonyl (C=O) groups is 1.